The molecule has 0 aliphatic heterocycles. The van der Waals surface area contributed by atoms with Crippen LogP contribution in [0, 0.1) is 0 Å². The molecule has 8 heteroatoms. The molecule has 0 heterocycles. The zero-order valence-electron chi connectivity index (χ0n) is 17.3. The Morgan fingerprint density at radius 1 is 1.10 bits per heavy atom. The molecule has 0 radical (unpaired) electrons. The summed E-state index contributed by atoms with van der Waals surface area (Å²) < 4.78 is 10.6. The number of carbonyl (C=O) groups is 2. The van der Waals surface area contributed by atoms with Crippen molar-refractivity contribution >= 4 is 35.0 Å². The highest BCUT2D eigenvalue weighted by atomic mass is 35.5. The molecule has 0 fully saturated rings. The van der Waals surface area contributed by atoms with Crippen LogP contribution < -0.4 is 20.5 Å². The lowest BCUT2D eigenvalue weighted by Gasteiger charge is -2.32. The lowest BCUT2D eigenvalue weighted by molar-refractivity contribution is -0.119. The Kier molecular flexibility index (Phi) is 8.38. The maximum Gasteiger partial charge on any atom is 0.255 e. The number of primary amides is 1. The van der Waals surface area contributed by atoms with E-state index in [1.807, 2.05) is 24.3 Å². The molecule has 6 nitrogen and oxygen atoms in total. The predicted octanol–water partition coefficient (Wildman–Crippen LogP) is 4.35. The van der Waals surface area contributed by atoms with Crippen LogP contribution in [0.2, 0.25) is 10.0 Å². The standard InChI is InChI=1S/C22H26Cl2N2O4/c1-4-22(5-2,15-6-8-16(23)9-7-15)13-26-21(28)14-10-17(24)20(18(11-14)29-3)30-12-19(25)27/h6-11H,4-5,12-13H2,1-3H3,(H2,25,27)(H,26,28). The maximum atomic E-state index is 12.8. The van der Waals surface area contributed by atoms with E-state index in [1.54, 1.807) is 0 Å². The number of halogens is 2. The average molecular weight is 453 g/mol. The van der Waals surface area contributed by atoms with Crippen LogP contribution in [0.1, 0.15) is 42.6 Å². The van der Waals surface area contributed by atoms with Crippen molar-refractivity contribution in [3.63, 3.8) is 0 Å². The van der Waals surface area contributed by atoms with Crippen molar-refractivity contribution in [2.24, 2.45) is 5.73 Å². The van der Waals surface area contributed by atoms with Gasteiger partial charge in [0, 0.05) is 22.5 Å². The summed E-state index contributed by atoms with van der Waals surface area (Å²) in [6.07, 6.45) is 1.69. The van der Waals surface area contributed by atoms with E-state index in [9.17, 15) is 9.59 Å². The number of carbonyl (C=O) groups excluding carboxylic acids is 2. The number of ether oxygens (including phenoxy) is 2. The Morgan fingerprint density at radius 2 is 1.73 bits per heavy atom. The molecule has 2 aromatic rings. The first-order valence-electron chi connectivity index (χ1n) is 9.59. The molecule has 0 spiro atoms. The molecular formula is C22H26Cl2N2O4. The third-order valence-corrected chi connectivity index (χ3v) is 5.78. The molecule has 0 aliphatic rings. The van der Waals surface area contributed by atoms with Crippen molar-refractivity contribution in [2.75, 3.05) is 20.3 Å². The summed E-state index contributed by atoms with van der Waals surface area (Å²) in [7, 11) is 1.42. The molecule has 2 aromatic carbocycles. The van der Waals surface area contributed by atoms with E-state index in [4.69, 9.17) is 38.4 Å². The number of amides is 2. The molecule has 162 valence electrons. The molecule has 0 aromatic heterocycles. The van der Waals surface area contributed by atoms with E-state index in [0.29, 0.717) is 17.1 Å². The third-order valence-electron chi connectivity index (χ3n) is 5.25. The highest BCUT2D eigenvalue weighted by Gasteiger charge is 2.29. The molecule has 2 amide bonds. The normalized spacial score (nSPS) is 11.1. The van der Waals surface area contributed by atoms with E-state index in [1.165, 1.54) is 19.2 Å². The first-order valence-corrected chi connectivity index (χ1v) is 10.3. The summed E-state index contributed by atoms with van der Waals surface area (Å²) >= 11 is 12.3. The van der Waals surface area contributed by atoms with Gasteiger partial charge in [-0.05, 0) is 42.7 Å². The van der Waals surface area contributed by atoms with Crippen molar-refractivity contribution in [1.82, 2.24) is 5.32 Å². The highest BCUT2D eigenvalue weighted by Crippen LogP contribution is 2.37. The van der Waals surface area contributed by atoms with E-state index < -0.39 is 5.91 Å². The fourth-order valence-electron chi connectivity index (χ4n) is 3.30. The third kappa shape index (κ3) is 5.58. The summed E-state index contributed by atoms with van der Waals surface area (Å²) in [4.78, 5) is 23.8. The Balaban J connectivity index is 2.22. The average Bonchev–Trinajstić information content (AvgIpc) is 2.74. The number of benzene rings is 2. The Hall–Kier alpha value is -2.44. The largest absolute Gasteiger partial charge is 0.493 e. The van der Waals surface area contributed by atoms with Crippen LogP contribution in [0.4, 0.5) is 0 Å². The monoisotopic (exact) mass is 452 g/mol. The molecular weight excluding hydrogens is 427 g/mol. The van der Waals surface area contributed by atoms with Crippen LogP contribution in [0.3, 0.4) is 0 Å². The van der Waals surface area contributed by atoms with E-state index in [2.05, 4.69) is 19.2 Å². The fraction of sp³-hybridized carbons (Fsp3) is 0.364. The number of nitrogens with two attached hydrogens (primary N) is 1. The zero-order valence-corrected chi connectivity index (χ0v) is 18.8. The van der Waals surface area contributed by atoms with Gasteiger partial charge in [0.15, 0.2) is 18.1 Å². The molecule has 0 unspecified atom stereocenters. The minimum atomic E-state index is -0.646. The van der Waals surface area contributed by atoms with Crippen LogP contribution in [0.5, 0.6) is 11.5 Å². The number of rotatable bonds is 10. The van der Waals surface area contributed by atoms with Crippen LogP contribution in [0.25, 0.3) is 0 Å². The smallest absolute Gasteiger partial charge is 0.255 e. The van der Waals surface area contributed by atoms with Crippen molar-refractivity contribution in [2.45, 2.75) is 32.1 Å². The van der Waals surface area contributed by atoms with Gasteiger partial charge in [-0.15, -0.1) is 0 Å². The van der Waals surface area contributed by atoms with Gasteiger partial charge in [-0.25, -0.2) is 0 Å². The maximum absolute atomic E-state index is 12.8. The SMILES string of the molecule is CCC(CC)(CNC(=O)c1cc(Cl)c(OCC(N)=O)c(OC)c1)c1ccc(Cl)cc1. The highest BCUT2D eigenvalue weighted by molar-refractivity contribution is 6.32. The van der Waals surface area contributed by atoms with Gasteiger partial charge in [0.1, 0.15) is 0 Å². The van der Waals surface area contributed by atoms with Gasteiger partial charge in [0.05, 0.1) is 12.1 Å². The van der Waals surface area contributed by atoms with Gasteiger partial charge in [-0.1, -0.05) is 49.2 Å². The van der Waals surface area contributed by atoms with Crippen LogP contribution >= 0.6 is 23.2 Å². The molecule has 0 aliphatic carbocycles. The molecule has 0 bridgehead atoms. The lowest BCUT2D eigenvalue weighted by atomic mass is 9.75. The molecule has 0 saturated heterocycles. The molecule has 30 heavy (non-hydrogen) atoms. The number of methoxy groups -OCH3 is 1. The minimum Gasteiger partial charge on any atom is -0.493 e. The summed E-state index contributed by atoms with van der Waals surface area (Å²) in [6, 6.07) is 10.7. The number of nitrogens with one attached hydrogen (secondary N) is 1. The Labute approximate surface area is 186 Å². The lowest BCUT2D eigenvalue weighted by Crippen LogP contribution is -2.40. The van der Waals surface area contributed by atoms with Gasteiger partial charge in [-0.2, -0.15) is 0 Å². The van der Waals surface area contributed by atoms with Gasteiger partial charge in [0.25, 0.3) is 11.8 Å². The number of hydrogen-bond acceptors (Lipinski definition) is 4. The van der Waals surface area contributed by atoms with Crippen molar-refractivity contribution < 1.29 is 19.1 Å². The first kappa shape index (κ1) is 23.8. The van der Waals surface area contributed by atoms with Crippen molar-refractivity contribution in [3.05, 3.63) is 57.6 Å². The van der Waals surface area contributed by atoms with E-state index in [-0.39, 0.29) is 34.5 Å². The second kappa shape index (κ2) is 10.5. The van der Waals surface area contributed by atoms with Gasteiger partial charge in [-0.3, -0.25) is 9.59 Å². The Bertz CT molecular complexity index is 897. The summed E-state index contributed by atoms with van der Waals surface area (Å²) in [5, 5.41) is 3.82. The number of hydrogen-bond donors (Lipinski definition) is 2. The molecule has 3 N–H and O–H groups in total. The van der Waals surface area contributed by atoms with E-state index >= 15 is 0 Å². The molecule has 2 rings (SSSR count). The van der Waals surface area contributed by atoms with Gasteiger partial charge < -0.3 is 20.5 Å². The van der Waals surface area contributed by atoms with Crippen molar-refractivity contribution in [1.29, 1.82) is 0 Å². The predicted molar refractivity (Wildman–Crippen MR) is 119 cm³/mol. The van der Waals surface area contributed by atoms with Gasteiger partial charge >= 0.3 is 0 Å². The topological polar surface area (TPSA) is 90.6 Å². The van der Waals surface area contributed by atoms with Crippen molar-refractivity contribution in [3.8, 4) is 11.5 Å². The summed E-state index contributed by atoms with van der Waals surface area (Å²) in [5.41, 5.74) is 6.31. The molecule has 0 atom stereocenters. The Morgan fingerprint density at radius 3 is 2.27 bits per heavy atom. The van der Waals surface area contributed by atoms with Crippen LogP contribution in [0.15, 0.2) is 36.4 Å². The second-order valence-electron chi connectivity index (χ2n) is 6.92. The minimum absolute atomic E-state index is 0.149. The fourth-order valence-corrected chi connectivity index (χ4v) is 3.69. The first-order chi connectivity index (χ1) is 14.3. The summed E-state index contributed by atoms with van der Waals surface area (Å²) in [6.45, 7) is 4.28. The molecule has 0 saturated carbocycles. The van der Waals surface area contributed by atoms with E-state index in [0.717, 1.165) is 18.4 Å². The quantitative estimate of drug-likeness (QED) is 0.560. The van der Waals surface area contributed by atoms with Crippen LogP contribution in [-0.2, 0) is 10.2 Å². The summed E-state index contributed by atoms with van der Waals surface area (Å²) in [5.74, 6) is -0.541. The van der Waals surface area contributed by atoms with Crippen LogP contribution in [-0.4, -0.2) is 32.1 Å². The van der Waals surface area contributed by atoms with Gasteiger partial charge in [0.2, 0.25) is 0 Å². The zero-order chi connectivity index (χ0) is 22.3. The second-order valence-corrected chi connectivity index (χ2v) is 7.77.